The van der Waals surface area contributed by atoms with E-state index in [4.69, 9.17) is 0 Å². The highest BCUT2D eigenvalue weighted by molar-refractivity contribution is 9.10. The van der Waals surface area contributed by atoms with E-state index in [0.29, 0.717) is 27.8 Å². The number of halogens is 7. The molecule has 1 atom stereocenters. The molecule has 1 aliphatic rings. The average Bonchev–Trinajstić information content (AvgIpc) is 2.97. The second kappa shape index (κ2) is 11.2. The lowest BCUT2D eigenvalue weighted by atomic mass is 9.69. The van der Waals surface area contributed by atoms with Gasteiger partial charge in [0.25, 0.3) is 0 Å². The van der Waals surface area contributed by atoms with Crippen molar-refractivity contribution in [1.29, 1.82) is 0 Å². The molecule has 0 saturated carbocycles. The van der Waals surface area contributed by atoms with Crippen LogP contribution in [0.3, 0.4) is 0 Å². The molecule has 0 saturated heterocycles. The van der Waals surface area contributed by atoms with Crippen molar-refractivity contribution in [3.8, 4) is 11.1 Å². The van der Waals surface area contributed by atoms with E-state index in [2.05, 4.69) is 15.9 Å². The number of hydrogen-bond donors (Lipinski definition) is 0. The number of rotatable bonds is 5. The topological polar surface area (TPSA) is 0 Å². The molecule has 0 bridgehead atoms. The predicted molar refractivity (Wildman–Crippen MR) is 156 cm³/mol. The van der Waals surface area contributed by atoms with Crippen molar-refractivity contribution in [1.82, 2.24) is 0 Å². The van der Waals surface area contributed by atoms with E-state index in [1.54, 1.807) is 60.7 Å². The largest absolute Gasteiger partial charge is 0.416 e. The van der Waals surface area contributed by atoms with Crippen molar-refractivity contribution < 1.29 is 26.3 Å². The molecule has 0 N–H and O–H groups in total. The van der Waals surface area contributed by atoms with Gasteiger partial charge in [0.05, 0.1) is 5.56 Å². The minimum Gasteiger partial charge on any atom is -0.170 e. The van der Waals surface area contributed by atoms with Crippen LogP contribution >= 0.6 is 15.9 Å². The zero-order valence-corrected chi connectivity index (χ0v) is 23.1. The third-order valence-corrected chi connectivity index (χ3v) is 7.74. The molecule has 5 rings (SSSR count). The molecule has 208 valence electrons. The Labute approximate surface area is 242 Å². The van der Waals surface area contributed by atoms with Gasteiger partial charge in [-0.1, -0.05) is 113 Å². The Bertz CT molecular complexity index is 1590. The normalized spacial score (nSPS) is 17.8. The molecule has 0 aliphatic heterocycles. The summed E-state index contributed by atoms with van der Waals surface area (Å²) in [6, 6.07) is 27.4. The van der Waals surface area contributed by atoms with Crippen LogP contribution in [0.15, 0.2) is 126 Å². The van der Waals surface area contributed by atoms with Crippen molar-refractivity contribution in [2.24, 2.45) is 5.41 Å². The molecule has 1 unspecified atom stereocenters. The maximum Gasteiger partial charge on any atom is 0.416 e. The summed E-state index contributed by atoms with van der Waals surface area (Å²) in [6.45, 7) is 0. The van der Waals surface area contributed by atoms with E-state index in [0.717, 1.165) is 22.2 Å². The first-order valence-electron chi connectivity index (χ1n) is 12.7. The Morgan fingerprint density at radius 2 is 1.27 bits per heavy atom. The van der Waals surface area contributed by atoms with Crippen molar-refractivity contribution in [2.75, 3.05) is 0 Å². The molecular formula is C34H23BrF6. The fourth-order valence-corrected chi connectivity index (χ4v) is 5.20. The smallest absolute Gasteiger partial charge is 0.170 e. The zero-order chi connectivity index (χ0) is 29.3. The van der Waals surface area contributed by atoms with Gasteiger partial charge in [-0.25, -0.2) is 0 Å². The number of allylic oxidation sites excluding steroid dienone is 5. The third kappa shape index (κ3) is 6.10. The van der Waals surface area contributed by atoms with E-state index in [1.807, 2.05) is 30.3 Å². The van der Waals surface area contributed by atoms with Gasteiger partial charge in [-0.15, -0.1) is 0 Å². The lowest BCUT2D eigenvalue weighted by Gasteiger charge is -2.37. The first-order chi connectivity index (χ1) is 19.5. The van der Waals surface area contributed by atoms with Crippen LogP contribution in [0.4, 0.5) is 26.3 Å². The quantitative estimate of drug-likeness (QED) is 0.153. The predicted octanol–water partition coefficient (Wildman–Crippen LogP) is 11.3. The van der Waals surface area contributed by atoms with Gasteiger partial charge >= 0.3 is 12.4 Å². The fourth-order valence-electron chi connectivity index (χ4n) is 4.94. The second-order valence-electron chi connectivity index (χ2n) is 9.79. The van der Waals surface area contributed by atoms with Crippen LogP contribution in [0.2, 0.25) is 0 Å². The minimum atomic E-state index is -4.62. The highest BCUT2D eigenvalue weighted by Crippen LogP contribution is 2.55. The Morgan fingerprint density at radius 1 is 0.683 bits per heavy atom. The van der Waals surface area contributed by atoms with E-state index in [1.165, 1.54) is 24.3 Å². The third-order valence-electron chi connectivity index (χ3n) is 7.21. The molecule has 0 amide bonds. The molecule has 1 aliphatic carbocycles. The summed E-state index contributed by atoms with van der Waals surface area (Å²) in [4.78, 5) is 0. The molecule has 41 heavy (non-hydrogen) atoms. The average molecular weight is 625 g/mol. The molecule has 7 heteroatoms. The molecule has 0 radical (unpaired) electrons. The van der Waals surface area contributed by atoms with Crippen LogP contribution in [-0.2, 0) is 6.18 Å². The highest BCUT2D eigenvalue weighted by atomic mass is 79.9. The van der Waals surface area contributed by atoms with E-state index in [-0.39, 0.29) is 12.0 Å². The summed E-state index contributed by atoms with van der Waals surface area (Å²) < 4.78 is 85.0. The standard InChI is InChI=1S/C34H23BrF6/c35-30-16-6-23(7-17-30)22-31(28-10-8-25(9-11-28)26-12-14-29(15-13-26)33(36,37)38)32(34(39,40)41)20-18-27(19-21-32)24-4-2-1-3-5-24/h1-20,22H,21H2. The van der Waals surface area contributed by atoms with Crippen LogP contribution in [0, 0.1) is 5.41 Å². The minimum absolute atomic E-state index is 0.0749. The highest BCUT2D eigenvalue weighted by Gasteiger charge is 2.55. The number of hydrogen-bond acceptors (Lipinski definition) is 0. The van der Waals surface area contributed by atoms with E-state index >= 15 is 13.2 Å². The van der Waals surface area contributed by atoms with Gasteiger partial charge in [-0.3, -0.25) is 0 Å². The molecule has 0 aromatic heterocycles. The van der Waals surface area contributed by atoms with Gasteiger partial charge in [0, 0.05) is 4.47 Å². The summed E-state index contributed by atoms with van der Waals surface area (Å²) in [7, 11) is 0. The summed E-state index contributed by atoms with van der Waals surface area (Å²) >= 11 is 3.37. The van der Waals surface area contributed by atoms with Crippen LogP contribution in [0.1, 0.15) is 28.7 Å². The maximum absolute atomic E-state index is 15.1. The van der Waals surface area contributed by atoms with Crippen LogP contribution in [0.5, 0.6) is 0 Å². The Morgan fingerprint density at radius 3 is 1.78 bits per heavy atom. The Balaban J connectivity index is 1.58. The van der Waals surface area contributed by atoms with Crippen molar-refractivity contribution in [3.63, 3.8) is 0 Å². The van der Waals surface area contributed by atoms with Gasteiger partial charge in [0.15, 0.2) is 0 Å². The first-order valence-corrected chi connectivity index (χ1v) is 13.5. The number of benzene rings is 4. The number of alkyl halides is 6. The molecular weight excluding hydrogens is 602 g/mol. The second-order valence-corrected chi connectivity index (χ2v) is 10.7. The fraction of sp³-hybridized carbons (Fsp3) is 0.118. The first kappa shape index (κ1) is 28.7. The zero-order valence-electron chi connectivity index (χ0n) is 21.5. The van der Waals surface area contributed by atoms with E-state index < -0.39 is 23.3 Å². The van der Waals surface area contributed by atoms with Gasteiger partial charge in [0.2, 0.25) is 0 Å². The summed E-state index contributed by atoms with van der Waals surface area (Å²) in [6.07, 6.45) is -3.42. The molecule has 4 aromatic rings. The van der Waals surface area contributed by atoms with Crippen molar-refractivity contribution in [2.45, 2.75) is 18.8 Å². The summed E-state index contributed by atoms with van der Waals surface area (Å²) in [5.41, 5.74) is 0.645. The molecule has 0 fully saturated rings. The molecule has 0 spiro atoms. The van der Waals surface area contributed by atoms with Crippen LogP contribution < -0.4 is 0 Å². The summed E-state index contributed by atoms with van der Waals surface area (Å²) in [5, 5.41) is 0. The molecule has 0 nitrogen and oxygen atoms in total. The molecule has 0 heterocycles. The van der Waals surface area contributed by atoms with Gasteiger partial charge < -0.3 is 0 Å². The van der Waals surface area contributed by atoms with Gasteiger partial charge in [0.1, 0.15) is 5.41 Å². The lowest BCUT2D eigenvalue weighted by molar-refractivity contribution is -0.184. The van der Waals surface area contributed by atoms with Crippen molar-refractivity contribution >= 4 is 33.2 Å². The van der Waals surface area contributed by atoms with Crippen LogP contribution in [0.25, 0.3) is 28.3 Å². The van der Waals surface area contributed by atoms with Crippen LogP contribution in [-0.4, -0.2) is 6.18 Å². The maximum atomic E-state index is 15.1. The molecule has 4 aromatic carbocycles. The van der Waals surface area contributed by atoms with Gasteiger partial charge in [-0.05, 0) is 75.7 Å². The SMILES string of the molecule is FC(F)(F)c1ccc(-c2ccc(C(=Cc3ccc(Br)cc3)C3(C(F)(F)F)C=CC(c4ccccc4)=CC3)cc2)cc1. The monoisotopic (exact) mass is 624 g/mol. The Hall–Kier alpha value is -3.84. The van der Waals surface area contributed by atoms with Crippen molar-refractivity contribution in [3.05, 3.63) is 148 Å². The van der Waals surface area contributed by atoms with E-state index in [9.17, 15) is 13.2 Å². The van der Waals surface area contributed by atoms with Gasteiger partial charge in [-0.2, -0.15) is 26.3 Å². The Kier molecular flexibility index (Phi) is 7.84. The summed E-state index contributed by atoms with van der Waals surface area (Å²) in [5.74, 6) is 0. The lowest BCUT2D eigenvalue weighted by Crippen LogP contribution is -2.38.